The average Bonchev–Trinajstić information content (AvgIpc) is 2.76. The van der Waals surface area contributed by atoms with Crippen molar-refractivity contribution in [2.45, 2.75) is 32.6 Å². The molecule has 0 saturated heterocycles. The zero-order valence-electron chi connectivity index (χ0n) is 10.9. The number of benzene rings is 1. The van der Waals surface area contributed by atoms with E-state index in [-0.39, 0.29) is 18.1 Å². The minimum absolute atomic E-state index is 0.00365. The molecule has 1 aliphatic carbocycles. The maximum absolute atomic E-state index is 11.8. The lowest BCUT2D eigenvalue weighted by Crippen LogP contribution is -2.29. The highest BCUT2D eigenvalue weighted by atomic mass is 16.3. The lowest BCUT2D eigenvalue weighted by atomic mass is 10.1. The molecule has 1 saturated carbocycles. The standard InChI is InChI=1S/C15H21NO2/c1-11-6-7-12(8-11)10-16-15(18)9-13-4-2-3-5-14(13)17/h2-5,11-12,17H,6-10H2,1H3,(H,16,18). The van der Waals surface area contributed by atoms with E-state index in [9.17, 15) is 9.90 Å². The topological polar surface area (TPSA) is 49.3 Å². The van der Waals surface area contributed by atoms with Crippen molar-refractivity contribution >= 4 is 5.91 Å². The molecular weight excluding hydrogens is 226 g/mol. The van der Waals surface area contributed by atoms with Crippen LogP contribution in [0.2, 0.25) is 0 Å². The molecule has 1 fully saturated rings. The third kappa shape index (κ3) is 3.49. The molecule has 1 amide bonds. The van der Waals surface area contributed by atoms with Crippen LogP contribution in [0.4, 0.5) is 0 Å². The Morgan fingerprint density at radius 3 is 2.83 bits per heavy atom. The van der Waals surface area contributed by atoms with Crippen molar-refractivity contribution in [2.75, 3.05) is 6.54 Å². The summed E-state index contributed by atoms with van der Waals surface area (Å²) >= 11 is 0. The monoisotopic (exact) mass is 247 g/mol. The summed E-state index contributed by atoms with van der Waals surface area (Å²) in [4.78, 5) is 11.8. The zero-order valence-corrected chi connectivity index (χ0v) is 10.9. The number of aromatic hydroxyl groups is 1. The first-order valence-electron chi connectivity index (χ1n) is 6.68. The summed E-state index contributed by atoms with van der Waals surface area (Å²) in [6.07, 6.45) is 3.98. The molecule has 0 heterocycles. The highest BCUT2D eigenvalue weighted by Crippen LogP contribution is 2.29. The van der Waals surface area contributed by atoms with Gasteiger partial charge in [-0.1, -0.05) is 31.5 Å². The van der Waals surface area contributed by atoms with Gasteiger partial charge in [-0.2, -0.15) is 0 Å². The van der Waals surface area contributed by atoms with Gasteiger partial charge in [-0.05, 0) is 30.7 Å². The Bertz CT molecular complexity index is 417. The minimum atomic E-state index is -0.00365. The van der Waals surface area contributed by atoms with Crippen LogP contribution in [-0.4, -0.2) is 17.6 Å². The van der Waals surface area contributed by atoms with Gasteiger partial charge in [0, 0.05) is 12.1 Å². The maximum atomic E-state index is 11.8. The van der Waals surface area contributed by atoms with E-state index in [2.05, 4.69) is 12.2 Å². The Kier molecular flexibility index (Phi) is 4.24. The van der Waals surface area contributed by atoms with Crippen molar-refractivity contribution in [2.24, 2.45) is 11.8 Å². The first-order valence-corrected chi connectivity index (χ1v) is 6.68. The normalized spacial score (nSPS) is 22.9. The molecule has 18 heavy (non-hydrogen) atoms. The fraction of sp³-hybridized carbons (Fsp3) is 0.533. The Morgan fingerprint density at radius 1 is 1.39 bits per heavy atom. The molecule has 3 nitrogen and oxygen atoms in total. The third-order valence-electron chi connectivity index (χ3n) is 3.73. The smallest absolute Gasteiger partial charge is 0.224 e. The number of phenolic OH excluding ortho intramolecular Hbond substituents is 1. The Morgan fingerprint density at radius 2 is 2.17 bits per heavy atom. The van der Waals surface area contributed by atoms with Crippen molar-refractivity contribution in [3.05, 3.63) is 29.8 Å². The summed E-state index contributed by atoms with van der Waals surface area (Å²) in [5.74, 6) is 1.62. The van der Waals surface area contributed by atoms with Crippen LogP contribution in [0.15, 0.2) is 24.3 Å². The second-order valence-electron chi connectivity index (χ2n) is 5.39. The Balaban J connectivity index is 1.77. The van der Waals surface area contributed by atoms with Crippen LogP contribution in [0.3, 0.4) is 0 Å². The molecule has 3 heteroatoms. The predicted octanol–water partition coefficient (Wildman–Crippen LogP) is 2.49. The quantitative estimate of drug-likeness (QED) is 0.858. The van der Waals surface area contributed by atoms with E-state index in [1.54, 1.807) is 18.2 Å². The zero-order chi connectivity index (χ0) is 13.0. The first kappa shape index (κ1) is 12.9. The number of rotatable bonds is 4. The second-order valence-corrected chi connectivity index (χ2v) is 5.39. The molecule has 0 spiro atoms. The largest absolute Gasteiger partial charge is 0.508 e. The van der Waals surface area contributed by atoms with Crippen molar-refractivity contribution in [1.82, 2.24) is 5.32 Å². The lowest BCUT2D eigenvalue weighted by Gasteiger charge is -2.11. The molecule has 0 bridgehead atoms. The van der Waals surface area contributed by atoms with Gasteiger partial charge in [0.05, 0.1) is 6.42 Å². The highest BCUT2D eigenvalue weighted by molar-refractivity contribution is 5.79. The summed E-state index contributed by atoms with van der Waals surface area (Å²) in [6, 6.07) is 6.99. The lowest BCUT2D eigenvalue weighted by molar-refractivity contribution is -0.120. The molecule has 0 aliphatic heterocycles. The molecular formula is C15H21NO2. The number of phenols is 1. The van der Waals surface area contributed by atoms with Crippen LogP contribution in [0.5, 0.6) is 5.75 Å². The molecule has 2 N–H and O–H groups in total. The number of amides is 1. The number of para-hydroxylation sites is 1. The molecule has 2 unspecified atom stereocenters. The van der Waals surface area contributed by atoms with Crippen molar-refractivity contribution in [1.29, 1.82) is 0 Å². The number of hydrogen-bond donors (Lipinski definition) is 2. The van der Waals surface area contributed by atoms with Gasteiger partial charge in [0.25, 0.3) is 0 Å². The van der Waals surface area contributed by atoms with E-state index < -0.39 is 0 Å². The Hall–Kier alpha value is -1.51. The fourth-order valence-electron chi connectivity index (χ4n) is 2.66. The van der Waals surface area contributed by atoms with E-state index in [0.717, 1.165) is 12.5 Å². The predicted molar refractivity (Wildman–Crippen MR) is 71.3 cm³/mol. The molecule has 98 valence electrons. The van der Waals surface area contributed by atoms with Gasteiger partial charge in [-0.25, -0.2) is 0 Å². The van der Waals surface area contributed by atoms with Crippen LogP contribution in [0.1, 0.15) is 31.7 Å². The second kappa shape index (κ2) is 5.89. The van der Waals surface area contributed by atoms with Crippen LogP contribution in [0, 0.1) is 11.8 Å². The van der Waals surface area contributed by atoms with Crippen LogP contribution >= 0.6 is 0 Å². The van der Waals surface area contributed by atoms with Crippen molar-refractivity contribution in [3.63, 3.8) is 0 Å². The molecule has 1 aromatic carbocycles. The first-order chi connectivity index (χ1) is 8.65. The number of carbonyl (C=O) groups is 1. The summed E-state index contributed by atoms with van der Waals surface area (Å²) in [5, 5.41) is 12.6. The molecule has 1 aromatic rings. The molecule has 2 rings (SSSR count). The van der Waals surface area contributed by atoms with Crippen LogP contribution < -0.4 is 5.32 Å². The minimum Gasteiger partial charge on any atom is -0.508 e. The SMILES string of the molecule is CC1CCC(CNC(=O)Cc2ccccc2O)C1. The van der Waals surface area contributed by atoms with Gasteiger partial charge in [0.1, 0.15) is 5.75 Å². The number of nitrogens with one attached hydrogen (secondary N) is 1. The van der Waals surface area contributed by atoms with E-state index in [1.165, 1.54) is 19.3 Å². The maximum Gasteiger partial charge on any atom is 0.224 e. The van der Waals surface area contributed by atoms with Gasteiger partial charge in [-0.15, -0.1) is 0 Å². The molecule has 1 aliphatic rings. The van der Waals surface area contributed by atoms with E-state index in [4.69, 9.17) is 0 Å². The molecule has 0 aromatic heterocycles. The van der Waals surface area contributed by atoms with Gasteiger partial charge in [0.2, 0.25) is 5.91 Å². The number of carbonyl (C=O) groups excluding carboxylic acids is 1. The summed E-state index contributed by atoms with van der Waals surface area (Å²) in [6.45, 7) is 3.04. The average molecular weight is 247 g/mol. The van der Waals surface area contributed by atoms with Crippen LogP contribution in [0.25, 0.3) is 0 Å². The van der Waals surface area contributed by atoms with E-state index >= 15 is 0 Å². The van der Waals surface area contributed by atoms with Gasteiger partial charge < -0.3 is 10.4 Å². The summed E-state index contributed by atoms with van der Waals surface area (Å²) < 4.78 is 0. The van der Waals surface area contributed by atoms with Gasteiger partial charge >= 0.3 is 0 Å². The van der Waals surface area contributed by atoms with E-state index in [1.807, 2.05) is 6.07 Å². The molecule has 0 radical (unpaired) electrons. The summed E-state index contributed by atoms with van der Waals surface area (Å²) in [7, 11) is 0. The molecule has 2 atom stereocenters. The third-order valence-corrected chi connectivity index (χ3v) is 3.73. The van der Waals surface area contributed by atoms with Gasteiger partial charge in [0.15, 0.2) is 0 Å². The van der Waals surface area contributed by atoms with Gasteiger partial charge in [-0.3, -0.25) is 4.79 Å². The van der Waals surface area contributed by atoms with Crippen LogP contribution in [-0.2, 0) is 11.2 Å². The summed E-state index contributed by atoms with van der Waals surface area (Å²) in [5.41, 5.74) is 0.690. The highest BCUT2D eigenvalue weighted by Gasteiger charge is 2.21. The fourth-order valence-corrected chi connectivity index (χ4v) is 2.66. The number of hydrogen-bond acceptors (Lipinski definition) is 2. The van der Waals surface area contributed by atoms with Crippen molar-refractivity contribution < 1.29 is 9.90 Å². The Labute approximate surface area is 108 Å². The van der Waals surface area contributed by atoms with Crippen molar-refractivity contribution in [3.8, 4) is 5.75 Å². The van der Waals surface area contributed by atoms with E-state index in [0.29, 0.717) is 11.5 Å².